The third-order valence-electron chi connectivity index (χ3n) is 4.24. The van der Waals surface area contributed by atoms with Gasteiger partial charge in [-0.05, 0) is 25.7 Å². The maximum Gasteiger partial charge on any atom is 0.333 e. The van der Waals surface area contributed by atoms with Crippen molar-refractivity contribution >= 4 is 11.6 Å². The molecule has 0 spiro atoms. The number of nitrogens with one attached hydrogen (secondary N) is 1. The summed E-state index contributed by atoms with van der Waals surface area (Å²) >= 11 is 0. The van der Waals surface area contributed by atoms with Crippen molar-refractivity contribution in [2.75, 3.05) is 5.32 Å². The van der Waals surface area contributed by atoms with Crippen LogP contribution in [0.2, 0.25) is 0 Å². The Morgan fingerprint density at radius 1 is 1.39 bits per heavy atom. The van der Waals surface area contributed by atoms with E-state index in [4.69, 9.17) is 0 Å². The van der Waals surface area contributed by atoms with E-state index in [1.807, 2.05) is 0 Å². The minimum absolute atomic E-state index is 0.0921. The van der Waals surface area contributed by atoms with Crippen LogP contribution < -0.4 is 5.32 Å². The molecule has 2 atom stereocenters. The van der Waals surface area contributed by atoms with Gasteiger partial charge >= 0.3 is 5.69 Å². The van der Waals surface area contributed by atoms with E-state index in [9.17, 15) is 10.1 Å². The molecule has 0 saturated heterocycles. The predicted octanol–water partition coefficient (Wildman–Crippen LogP) is 2.87. The maximum atomic E-state index is 11.4. The summed E-state index contributed by atoms with van der Waals surface area (Å²) in [7, 11) is 0. The van der Waals surface area contributed by atoms with E-state index in [2.05, 4.69) is 27.2 Å². The lowest BCUT2D eigenvalue weighted by Gasteiger charge is -2.27. The van der Waals surface area contributed by atoms with Crippen LogP contribution >= 0.6 is 0 Å². The number of nitro groups is 1. The number of hydrogen-bond acceptors (Lipinski definition) is 6. The molecule has 2 aromatic heterocycles. The molecule has 0 bridgehead atoms. The second kappa shape index (κ2) is 6.31. The van der Waals surface area contributed by atoms with Gasteiger partial charge in [-0.2, -0.15) is 4.98 Å². The van der Waals surface area contributed by atoms with Gasteiger partial charge in [0.25, 0.3) is 0 Å². The molecule has 0 amide bonds. The molecule has 8 heteroatoms. The fourth-order valence-corrected chi connectivity index (χ4v) is 3.14. The molecule has 1 N–H and O–H groups in total. The molecular formula is C15H20N6O2. The largest absolute Gasteiger partial charge is 0.351 e. The second-order valence-corrected chi connectivity index (χ2v) is 6.14. The highest BCUT2D eigenvalue weighted by Crippen LogP contribution is 2.28. The summed E-state index contributed by atoms with van der Waals surface area (Å²) in [6, 6.07) is 0.315. The van der Waals surface area contributed by atoms with Crippen LogP contribution in [0.4, 0.5) is 11.6 Å². The van der Waals surface area contributed by atoms with Gasteiger partial charge in [-0.15, -0.1) is 0 Å². The molecule has 122 valence electrons. The van der Waals surface area contributed by atoms with Crippen molar-refractivity contribution in [3.63, 3.8) is 0 Å². The number of imidazole rings is 1. The first-order valence-electron chi connectivity index (χ1n) is 7.82. The fraction of sp³-hybridized carbons (Fsp3) is 0.533. The molecule has 0 radical (unpaired) electrons. The monoisotopic (exact) mass is 316 g/mol. The van der Waals surface area contributed by atoms with Crippen LogP contribution in [0.5, 0.6) is 0 Å². The van der Waals surface area contributed by atoms with Crippen molar-refractivity contribution in [1.82, 2.24) is 19.5 Å². The molecule has 2 heterocycles. The molecule has 1 fully saturated rings. The van der Waals surface area contributed by atoms with Crippen LogP contribution in [0.1, 0.15) is 38.3 Å². The molecule has 0 aliphatic heterocycles. The highest BCUT2D eigenvalue weighted by atomic mass is 16.6. The minimum Gasteiger partial charge on any atom is -0.351 e. The smallest absolute Gasteiger partial charge is 0.333 e. The predicted molar refractivity (Wildman–Crippen MR) is 85.6 cm³/mol. The Hall–Kier alpha value is -2.51. The van der Waals surface area contributed by atoms with E-state index in [-0.39, 0.29) is 11.5 Å². The third-order valence-corrected chi connectivity index (χ3v) is 4.24. The normalized spacial score (nSPS) is 21.1. The Morgan fingerprint density at radius 3 is 2.87 bits per heavy atom. The van der Waals surface area contributed by atoms with Crippen LogP contribution in [0.3, 0.4) is 0 Å². The Bertz CT molecular complexity index is 700. The average molecular weight is 316 g/mol. The maximum absolute atomic E-state index is 11.4. The van der Waals surface area contributed by atoms with Gasteiger partial charge in [0.1, 0.15) is 12.0 Å². The summed E-state index contributed by atoms with van der Waals surface area (Å²) in [5, 5.41) is 14.7. The van der Waals surface area contributed by atoms with Gasteiger partial charge in [0.2, 0.25) is 11.8 Å². The summed E-state index contributed by atoms with van der Waals surface area (Å²) in [5.41, 5.74) is 0.255. The van der Waals surface area contributed by atoms with Crippen LogP contribution in [0.25, 0.3) is 5.82 Å². The van der Waals surface area contributed by atoms with Gasteiger partial charge in [0, 0.05) is 18.4 Å². The molecule has 8 nitrogen and oxygen atoms in total. The third kappa shape index (κ3) is 3.30. The summed E-state index contributed by atoms with van der Waals surface area (Å²) in [6.45, 7) is 3.88. The van der Waals surface area contributed by atoms with Crippen molar-refractivity contribution in [2.45, 2.75) is 45.6 Å². The molecule has 3 rings (SSSR count). The number of nitrogens with zero attached hydrogens (tertiary/aromatic N) is 5. The lowest BCUT2D eigenvalue weighted by atomic mass is 9.87. The molecule has 0 aromatic carbocycles. The Labute approximate surface area is 134 Å². The van der Waals surface area contributed by atoms with E-state index in [1.54, 1.807) is 23.9 Å². The van der Waals surface area contributed by atoms with E-state index in [1.165, 1.54) is 19.2 Å². The van der Waals surface area contributed by atoms with Gasteiger partial charge in [-0.3, -0.25) is 14.7 Å². The first-order chi connectivity index (χ1) is 11.0. The fourth-order valence-electron chi connectivity index (χ4n) is 3.14. The Balaban J connectivity index is 1.94. The van der Waals surface area contributed by atoms with E-state index in [0.29, 0.717) is 23.6 Å². The first kappa shape index (κ1) is 15.4. The summed E-state index contributed by atoms with van der Waals surface area (Å²) < 4.78 is 1.54. The number of aryl methyl sites for hydroxylation is 1. The average Bonchev–Trinajstić information content (AvgIpc) is 3.00. The van der Waals surface area contributed by atoms with E-state index < -0.39 is 4.92 Å². The topological polar surface area (TPSA) is 98.8 Å². The molecule has 1 saturated carbocycles. The zero-order valence-electron chi connectivity index (χ0n) is 13.3. The molecular weight excluding hydrogens is 296 g/mol. The van der Waals surface area contributed by atoms with Gasteiger partial charge in [-0.1, -0.05) is 19.8 Å². The number of hydrogen-bond donors (Lipinski definition) is 1. The zero-order valence-corrected chi connectivity index (χ0v) is 13.3. The number of anilines is 1. The van der Waals surface area contributed by atoms with Gasteiger partial charge in [-0.25, -0.2) is 9.97 Å². The standard InChI is InChI=1S/C15H20N6O2/c1-10-4-3-5-12(8-10)18-15-17-11(2)13(21(22)23)14(19-15)20-7-6-16-9-20/h6-7,9-10,12H,3-5,8H2,1-2H3,(H,17,18,19)/t10-,12-/m1/s1. The molecule has 23 heavy (non-hydrogen) atoms. The van der Waals surface area contributed by atoms with Crippen molar-refractivity contribution in [1.29, 1.82) is 0 Å². The molecule has 2 aromatic rings. The van der Waals surface area contributed by atoms with Crippen LogP contribution in [0, 0.1) is 23.0 Å². The summed E-state index contributed by atoms with van der Waals surface area (Å²) in [5.74, 6) is 1.36. The minimum atomic E-state index is -0.447. The summed E-state index contributed by atoms with van der Waals surface area (Å²) in [6.07, 6.45) is 9.28. The highest BCUT2D eigenvalue weighted by molar-refractivity contribution is 5.53. The van der Waals surface area contributed by atoms with Crippen molar-refractivity contribution < 1.29 is 4.92 Å². The van der Waals surface area contributed by atoms with Gasteiger partial charge in [0.05, 0.1) is 4.92 Å². The van der Waals surface area contributed by atoms with E-state index >= 15 is 0 Å². The van der Waals surface area contributed by atoms with Crippen LogP contribution in [0.15, 0.2) is 18.7 Å². The lowest BCUT2D eigenvalue weighted by molar-refractivity contribution is -0.385. The Morgan fingerprint density at radius 2 is 2.22 bits per heavy atom. The first-order valence-corrected chi connectivity index (χ1v) is 7.82. The number of aromatic nitrogens is 4. The molecule has 1 aliphatic carbocycles. The van der Waals surface area contributed by atoms with Gasteiger partial charge < -0.3 is 5.32 Å². The van der Waals surface area contributed by atoms with Crippen LogP contribution in [-0.2, 0) is 0 Å². The van der Waals surface area contributed by atoms with Crippen molar-refractivity contribution in [3.8, 4) is 5.82 Å². The van der Waals surface area contributed by atoms with Crippen molar-refractivity contribution in [3.05, 3.63) is 34.5 Å². The quantitative estimate of drug-likeness (QED) is 0.688. The number of rotatable bonds is 4. The SMILES string of the molecule is Cc1nc(N[C@@H]2CCC[C@@H](C)C2)nc(-n2ccnc2)c1[N+](=O)[O-]. The Kier molecular flexibility index (Phi) is 4.22. The zero-order chi connectivity index (χ0) is 16.4. The van der Waals surface area contributed by atoms with Crippen LogP contribution in [-0.4, -0.2) is 30.5 Å². The molecule has 1 aliphatic rings. The highest BCUT2D eigenvalue weighted by Gasteiger charge is 2.25. The lowest BCUT2D eigenvalue weighted by Crippen LogP contribution is -2.27. The van der Waals surface area contributed by atoms with Gasteiger partial charge in [0.15, 0.2) is 0 Å². The second-order valence-electron chi connectivity index (χ2n) is 6.14. The summed E-state index contributed by atoms with van der Waals surface area (Å²) in [4.78, 5) is 23.5. The van der Waals surface area contributed by atoms with Crippen molar-refractivity contribution in [2.24, 2.45) is 5.92 Å². The van der Waals surface area contributed by atoms with E-state index in [0.717, 1.165) is 12.8 Å². The molecule has 0 unspecified atom stereocenters.